The Balaban J connectivity index is 0.000000247. The van der Waals surface area contributed by atoms with Gasteiger partial charge in [0, 0.05) is 56.8 Å². The molecule has 2 heterocycles. The Labute approximate surface area is 249 Å². The highest BCUT2D eigenvalue weighted by Crippen LogP contribution is 2.33. The zero-order chi connectivity index (χ0) is 30.9. The Hall–Kier alpha value is -3.73. The lowest BCUT2D eigenvalue weighted by Crippen LogP contribution is -2.44. The molecular formula is C31H46N4O7. The lowest BCUT2D eigenvalue weighted by atomic mass is 10.1. The van der Waals surface area contributed by atoms with Crippen molar-refractivity contribution >= 4 is 17.5 Å². The van der Waals surface area contributed by atoms with E-state index in [9.17, 15) is 14.9 Å². The molecule has 4 rings (SSSR count). The summed E-state index contributed by atoms with van der Waals surface area (Å²) < 4.78 is 22.4. The third-order valence-electron chi connectivity index (χ3n) is 7.14. The molecule has 0 saturated carbocycles. The van der Waals surface area contributed by atoms with Gasteiger partial charge < -0.3 is 34.5 Å². The minimum absolute atomic E-state index is 0.0519. The first-order valence-corrected chi connectivity index (χ1v) is 14.6. The number of nitro groups is 1. The fourth-order valence-corrected chi connectivity index (χ4v) is 4.78. The summed E-state index contributed by atoms with van der Waals surface area (Å²) in [5.41, 5.74) is 5.86. The van der Waals surface area contributed by atoms with Gasteiger partial charge >= 0.3 is 6.09 Å². The summed E-state index contributed by atoms with van der Waals surface area (Å²) in [6, 6.07) is 12.6. The SMILES string of the molecule is CC(C)N1CCC(Oc2ccc(N)cc2)CC1.COc1cc([N+](=O)[O-])ccc1OC1CCN(C(=O)OC(C)(C)C)CC1. The van der Waals surface area contributed by atoms with Crippen molar-refractivity contribution in [3.63, 3.8) is 0 Å². The quantitative estimate of drug-likeness (QED) is 0.239. The molecule has 0 atom stereocenters. The molecule has 0 spiro atoms. The van der Waals surface area contributed by atoms with Crippen molar-refractivity contribution in [1.29, 1.82) is 0 Å². The van der Waals surface area contributed by atoms with E-state index in [1.54, 1.807) is 4.90 Å². The summed E-state index contributed by atoms with van der Waals surface area (Å²) >= 11 is 0. The zero-order valence-electron chi connectivity index (χ0n) is 25.7. The lowest BCUT2D eigenvalue weighted by molar-refractivity contribution is -0.385. The van der Waals surface area contributed by atoms with Gasteiger partial charge in [-0.25, -0.2) is 4.79 Å². The molecule has 0 aromatic heterocycles. The number of amides is 1. The van der Waals surface area contributed by atoms with E-state index in [4.69, 9.17) is 24.7 Å². The van der Waals surface area contributed by atoms with Crippen molar-refractivity contribution in [1.82, 2.24) is 9.80 Å². The molecule has 0 bridgehead atoms. The lowest BCUT2D eigenvalue weighted by Gasteiger charge is -2.34. The zero-order valence-corrected chi connectivity index (χ0v) is 25.7. The molecule has 2 aromatic carbocycles. The normalized spacial score (nSPS) is 16.8. The molecule has 2 fully saturated rings. The summed E-state index contributed by atoms with van der Waals surface area (Å²) in [4.78, 5) is 26.6. The standard InChI is InChI=1S/C17H24N2O6.C14H22N2O/c1-17(2,3)25-16(20)18-9-7-13(8-10-18)24-14-6-5-12(19(21)22)11-15(14)23-4;1-11(2)16-9-7-14(8-10-16)17-13-5-3-12(15)4-6-13/h5-6,11,13H,7-10H2,1-4H3;3-6,11,14H,7-10,15H2,1-2H3. The third kappa shape index (κ3) is 10.3. The van der Waals surface area contributed by atoms with E-state index in [0.29, 0.717) is 49.6 Å². The van der Waals surface area contributed by atoms with Crippen LogP contribution in [0.1, 0.15) is 60.3 Å². The summed E-state index contributed by atoms with van der Waals surface area (Å²) in [6.07, 6.45) is 3.48. The van der Waals surface area contributed by atoms with Gasteiger partial charge in [0.25, 0.3) is 5.69 Å². The van der Waals surface area contributed by atoms with Crippen LogP contribution in [-0.4, -0.2) is 78.0 Å². The van der Waals surface area contributed by atoms with E-state index in [1.165, 1.54) is 25.3 Å². The summed E-state index contributed by atoms with van der Waals surface area (Å²) in [5.74, 6) is 1.72. The van der Waals surface area contributed by atoms with Gasteiger partial charge in [0.2, 0.25) is 0 Å². The van der Waals surface area contributed by atoms with Crippen LogP contribution in [0, 0.1) is 10.1 Å². The van der Waals surface area contributed by atoms with Gasteiger partial charge in [0.05, 0.1) is 18.1 Å². The highest BCUT2D eigenvalue weighted by atomic mass is 16.6. The number of hydrogen-bond donors (Lipinski definition) is 1. The van der Waals surface area contributed by atoms with E-state index < -0.39 is 10.5 Å². The van der Waals surface area contributed by atoms with Gasteiger partial charge in [-0.1, -0.05) is 0 Å². The van der Waals surface area contributed by atoms with E-state index >= 15 is 0 Å². The van der Waals surface area contributed by atoms with Gasteiger partial charge in [-0.15, -0.1) is 0 Å². The number of carbonyl (C=O) groups is 1. The number of nitrogen functional groups attached to an aromatic ring is 1. The predicted octanol–water partition coefficient (Wildman–Crippen LogP) is 5.90. The van der Waals surface area contributed by atoms with Gasteiger partial charge in [-0.05, 0) is 77.8 Å². The number of methoxy groups -OCH3 is 1. The number of ether oxygens (including phenoxy) is 4. The van der Waals surface area contributed by atoms with Crippen LogP contribution in [0.25, 0.3) is 0 Å². The molecule has 42 heavy (non-hydrogen) atoms. The maximum Gasteiger partial charge on any atom is 0.410 e. The molecule has 2 aliphatic rings. The van der Waals surface area contributed by atoms with Gasteiger partial charge in [-0.3, -0.25) is 10.1 Å². The average Bonchev–Trinajstić information content (AvgIpc) is 2.94. The van der Waals surface area contributed by atoms with Gasteiger partial charge in [0.1, 0.15) is 23.6 Å². The molecule has 2 aromatic rings. The second kappa shape index (κ2) is 14.9. The van der Waals surface area contributed by atoms with Crippen LogP contribution in [0.5, 0.6) is 17.2 Å². The van der Waals surface area contributed by atoms with E-state index in [0.717, 1.165) is 37.4 Å². The molecule has 1 amide bonds. The number of nitrogens with two attached hydrogens (primary N) is 1. The molecule has 2 saturated heterocycles. The summed E-state index contributed by atoms with van der Waals surface area (Å²) in [6.45, 7) is 13.4. The third-order valence-corrected chi connectivity index (χ3v) is 7.14. The minimum atomic E-state index is -0.517. The number of likely N-dealkylation sites (tertiary alicyclic amines) is 2. The van der Waals surface area contributed by atoms with Crippen LogP contribution in [0.2, 0.25) is 0 Å². The molecule has 2 aliphatic heterocycles. The summed E-state index contributed by atoms with van der Waals surface area (Å²) in [7, 11) is 1.44. The first-order chi connectivity index (χ1) is 19.8. The first-order valence-electron chi connectivity index (χ1n) is 14.6. The number of nitro benzene ring substituents is 1. The number of nitrogens with zero attached hydrogens (tertiary/aromatic N) is 3. The van der Waals surface area contributed by atoms with Crippen molar-refractivity contribution in [2.24, 2.45) is 0 Å². The second-order valence-electron chi connectivity index (χ2n) is 11.9. The number of hydrogen-bond acceptors (Lipinski definition) is 9. The van der Waals surface area contributed by atoms with Crippen LogP contribution in [0.4, 0.5) is 16.2 Å². The van der Waals surface area contributed by atoms with Crippen molar-refractivity contribution in [3.05, 3.63) is 52.6 Å². The maximum atomic E-state index is 12.1. The molecule has 0 radical (unpaired) electrons. The number of rotatable bonds is 7. The van der Waals surface area contributed by atoms with Crippen molar-refractivity contribution < 1.29 is 28.7 Å². The van der Waals surface area contributed by atoms with Crippen LogP contribution >= 0.6 is 0 Å². The Morgan fingerprint density at radius 2 is 1.50 bits per heavy atom. The van der Waals surface area contributed by atoms with Crippen LogP contribution < -0.4 is 19.9 Å². The number of anilines is 1. The Morgan fingerprint density at radius 1 is 0.929 bits per heavy atom. The fraction of sp³-hybridized carbons (Fsp3) is 0.581. The predicted molar refractivity (Wildman–Crippen MR) is 162 cm³/mol. The molecule has 2 N–H and O–H groups in total. The largest absolute Gasteiger partial charge is 0.493 e. The van der Waals surface area contributed by atoms with Crippen molar-refractivity contribution in [2.45, 2.75) is 84.2 Å². The fourth-order valence-electron chi connectivity index (χ4n) is 4.78. The van der Waals surface area contributed by atoms with Gasteiger partial charge in [-0.2, -0.15) is 0 Å². The number of piperidine rings is 2. The summed E-state index contributed by atoms with van der Waals surface area (Å²) in [5, 5.41) is 10.8. The highest BCUT2D eigenvalue weighted by molar-refractivity contribution is 5.68. The van der Waals surface area contributed by atoms with Gasteiger partial charge in [0.15, 0.2) is 11.5 Å². The van der Waals surface area contributed by atoms with E-state index in [-0.39, 0.29) is 17.9 Å². The molecule has 11 heteroatoms. The molecule has 232 valence electrons. The minimum Gasteiger partial charge on any atom is -0.493 e. The molecular weight excluding hydrogens is 540 g/mol. The molecule has 0 aliphatic carbocycles. The number of carbonyl (C=O) groups excluding carboxylic acids is 1. The van der Waals surface area contributed by atoms with E-state index in [1.807, 2.05) is 45.0 Å². The highest BCUT2D eigenvalue weighted by Gasteiger charge is 2.28. The van der Waals surface area contributed by atoms with Crippen LogP contribution in [-0.2, 0) is 4.74 Å². The topological polar surface area (TPSA) is 130 Å². The first kappa shape index (κ1) is 32.8. The van der Waals surface area contributed by atoms with Crippen LogP contribution in [0.15, 0.2) is 42.5 Å². The van der Waals surface area contributed by atoms with Crippen molar-refractivity contribution in [2.75, 3.05) is 39.0 Å². The maximum absolute atomic E-state index is 12.1. The molecule has 0 unspecified atom stereocenters. The second-order valence-corrected chi connectivity index (χ2v) is 11.9. The van der Waals surface area contributed by atoms with E-state index in [2.05, 4.69) is 18.7 Å². The Kier molecular flexibility index (Phi) is 11.7. The number of non-ortho nitro benzene ring substituents is 1. The average molecular weight is 587 g/mol. The molecule has 11 nitrogen and oxygen atoms in total. The van der Waals surface area contributed by atoms with Crippen LogP contribution in [0.3, 0.4) is 0 Å². The number of benzene rings is 2. The monoisotopic (exact) mass is 586 g/mol. The Bertz CT molecular complexity index is 1150. The Morgan fingerprint density at radius 3 is 2.02 bits per heavy atom. The van der Waals surface area contributed by atoms with Crippen molar-refractivity contribution in [3.8, 4) is 17.2 Å². The smallest absolute Gasteiger partial charge is 0.410 e.